The minimum absolute atomic E-state index is 0.561. The lowest BCUT2D eigenvalue weighted by molar-refractivity contribution is 0.355. The number of fused-ring (bicyclic) bond motifs is 3. The molecular weight excluding hydrogens is 278 g/mol. The Kier molecular flexibility index (Phi) is 3.28. The maximum atomic E-state index is 5.34. The van der Waals surface area contributed by atoms with Crippen LogP contribution in [0.15, 0.2) is 18.3 Å². The molecule has 0 spiro atoms. The maximum Gasteiger partial charge on any atom is 0.163 e. The molecule has 2 aromatic rings. The Morgan fingerprint density at radius 1 is 1.05 bits per heavy atom. The molecule has 0 amide bonds. The normalized spacial score (nSPS) is 26.4. The van der Waals surface area contributed by atoms with Crippen LogP contribution in [-0.4, -0.2) is 30.2 Å². The first kappa shape index (κ1) is 13.6. The predicted molar refractivity (Wildman–Crippen MR) is 85.5 cm³/mol. The van der Waals surface area contributed by atoms with E-state index in [1.165, 1.54) is 25.7 Å². The van der Waals surface area contributed by atoms with Gasteiger partial charge >= 0.3 is 0 Å². The van der Waals surface area contributed by atoms with Crippen LogP contribution < -0.4 is 14.8 Å². The van der Waals surface area contributed by atoms with E-state index in [2.05, 4.69) is 10.3 Å². The van der Waals surface area contributed by atoms with E-state index in [0.29, 0.717) is 17.5 Å². The Morgan fingerprint density at radius 3 is 2.45 bits per heavy atom. The lowest BCUT2D eigenvalue weighted by Crippen LogP contribution is -2.26. The molecular formula is C17H21N3O2. The van der Waals surface area contributed by atoms with Crippen LogP contribution in [0.2, 0.25) is 0 Å². The van der Waals surface area contributed by atoms with Crippen molar-refractivity contribution in [3.8, 4) is 11.5 Å². The number of hydrogen-bond donors (Lipinski definition) is 1. The Hall–Kier alpha value is -2.04. The third kappa shape index (κ3) is 2.25. The molecule has 2 saturated carbocycles. The van der Waals surface area contributed by atoms with Gasteiger partial charge in [-0.05, 0) is 31.1 Å². The molecule has 2 aliphatic rings. The van der Waals surface area contributed by atoms with Gasteiger partial charge in [-0.1, -0.05) is 6.42 Å². The van der Waals surface area contributed by atoms with E-state index in [-0.39, 0.29) is 0 Å². The average Bonchev–Trinajstić information content (AvgIpc) is 3.16. The van der Waals surface area contributed by atoms with Crippen LogP contribution in [0.5, 0.6) is 11.5 Å². The zero-order chi connectivity index (χ0) is 15.1. The van der Waals surface area contributed by atoms with Crippen LogP contribution in [0.25, 0.3) is 11.0 Å². The maximum absolute atomic E-state index is 5.34. The highest BCUT2D eigenvalue weighted by molar-refractivity contribution is 5.80. The molecule has 5 nitrogen and oxygen atoms in total. The molecule has 2 unspecified atom stereocenters. The minimum atomic E-state index is 0.561. The molecule has 3 atom stereocenters. The van der Waals surface area contributed by atoms with Gasteiger partial charge in [-0.3, -0.25) is 4.98 Å². The van der Waals surface area contributed by atoms with Gasteiger partial charge in [0.15, 0.2) is 11.5 Å². The monoisotopic (exact) mass is 299 g/mol. The first-order valence-electron chi connectivity index (χ1n) is 7.92. The summed E-state index contributed by atoms with van der Waals surface area (Å²) in [6.07, 6.45) is 7.23. The Labute approximate surface area is 130 Å². The zero-order valence-corrected chi connectivity index (χ0v) is 13.0. The van der Waals surface area contributed by atoms with E-state index < -0.39 is 0 Å². The highest BCUT2D eigenvalue weighted by Gasteiger charge is 2.39. The van der Waals surface area contributed by atoms with Gasteiger partial charge in [-0.2, -0.15) is 0 Å². The fraction of sp³-hybridized carbons (Fsp3) is 0.529. The molecule has 22 heavy (non-hydrogen) atoms. The smallest absolute Gasteiger partial charge is 0.163 e. The van der Waals surface area contributed by atoms with E-state index in [0.717, 1.165) is 28.7 Å². The minimum Gasteiger partial charge on any atom is -0.493 e. The van der Waals surface area contributed by atoms with Gasteiger partial charge in [0, 0.05) is 18.2 Å². The lowest BCUT2D eigenvalue weighted by atomic mass is 9.95. The number of hydrogen-bond acceptors (Lipinski definition) is 5. The van der Waals surface area contributed by atoms with Crippen LogP contribution in [0.3, 0.4) is 0 Å². The highest BCUT2D eigenvalue weighted by Crippen LogP contribution is 2.45. The molecule has 0 saturated heterocycles. The SMILES string of the molecule is COc1cc2ncc(N[C@@H]3CC4CCC3C4)nc2cc1OC. The van der Waals surface area contributed by atoms with E-state index in [9.17, 15) is 0 Å². The molecule has 2 fully saturated rings. The van der Waals surface area contributed by atoms with Crippen LogP contribution >= 0.6 is 0 Å². The van der Waals surface area contributed by atoms with Crippen LogP contribution in [-0.2, 0) is 0 Å². The lowest BCUT2D eigenvalue weighted by Gasteiger charge is -2.23. The van der Waals surface area contributed by atoms with Gasteiger partial charge in [-0.15, -0.1) is 0 Å². The molecule has 2 aliphatic carbocycles. The fourth-order valence-corrected chi connectivity index (χ4v) is 4.02. The third-order valence-electron chi connectivity index (χ3n) is 5.12. The summed E-state index contributed by atoms with van der Waals surface area (Å²) in [4.78, 5) is 9.21. The molecule has 1 N–H and O–H groups in total. The number of rotatable bonds is 4. The van der Waals surface area contributed by atoms with Gasteiger partial charge < -0.3 is 14.8 Å². The topological polar surface area (TPSA) is 56.3 Å². The zero-order valence-electron chi connectivity index (χ0n) is 13.0. The van der Waals surface area contributed by atoms with E-state index in [4.69, 9.17) is 14.5 Å². The highest BCUT2D eigenvalue weighted by atomic mass is 16.5. The number of methoxy groups -OCH3 is 2. The Bertz CT molecular complexity index is 704. The van der Waals surface area contributed by atoms with Crippen molar-refractivity contribution < 1.29 is 9.47 Å². The Morgan fingerprint density at radius 2 is 1.82 bits per heavy atom. The van der Waals surface area contributed by atoms with Crippen molar-refractivity contribution in [3.63, 3.8) is 0 Å². The van der Waals surface area contributed by atoms with Crippen molar-refractivity contribution in [1.82, 2.24) is 9.97 Å². The third-order valence-corrected chi connectivity index (χ3v) is 5.12. The van der Waals surface area contributed by atoms with Crippen molar-refractivity contribution in [1.29, 1.82) is 0 Å². The predicted octanol–water partition coefficient (Wildman–Crippen LogP) is 3.25. The van der Waals surface area contributed by atoms with E-state index in [1.807, 2.05) is 18.3 Å². The van der Waals surface area contributed by atoms with Crippen LogP contribution in [0, 0.1) is 11.8 Å². The molecule has 1 aromatic carbocycles. The number of aromatic nitrogens is 2. The second-order valence-corrected chi connectivity index (χ2v) is 6.38. The van der Waals surface area contributed by atoms with Crippen molar-refractivity contribution in [2.45, 2.75) is 31.7 Å². The molecule has 116 valence electrons. The summed E-state index contributed by atoms with van der Waals surface area (Å²) in [5.41, 5.74) is 1.64. The molecule has 1 aromatic heterocycles. The average molecular weight is 299 g/mol. The van der Waals surface area contributed by atoms with Crippen molar-refractivity contribution in [2.24, 2.45) is 11.8 Å². The Balaban J connectivity index is 1.62. The molecule has 0 radical (unpaired) electrons. The molecule has 5 heteroatoms. The summed E-state index contributed by atoms with van der Waals surface area (Å²) in [6, 6.07) is 4.31. The van der Waals surface area contributed by atoms with Gasteiger partial charge in [0.1, 0.15) is 5.82 Å². The first-order chi connectivity index (χ1) is 10.8. The summed E-state index contributed by atoms with van der Waals surface area (Å²) in [5, 5.41) is 3.58. The van der Waals surface area contributed by atoms with E-state index in [1.54, 1.807) is 14.2 Å². The standard InChI is InChI=1S/C17H21N3O2/c1-21-15-7-13-14(8-16(15)22-2)20-17(9-18-13)19-12-6-10-3-4-11(12)5-10/h7-12H,3-6H2,1-2H3,(H,19,20)/t10?,11?,12-/m1/s1. The fourth-order valence-electron chi connectivity index (χ4n) is 4.02. The summed E-state index contributed by atoms with van der Waals surface area (Å²) >= 11 is 0. The second kappa shape index (κ2) is 5.30. The van der Waals surface area contributed by atoms with Crippen LogP contribution in [0.1, 0.15) is 25.7 Å². The van der Waals surface area contributed by atoms with Crippen molar-refractivity contribution >= 4 is 16.9 Å². The molecule has 4 rings (SSSR count). The summed E-state index contributed by atoms with van der Waals surface area (Å²) in [7, 11) is 3.26. The molecule has 2 bridgehead atoms. The second-order valence-electron chi connectivity index (χ2n) is 6.38. The van der Waals surface area contributed by atoms with Gasteiger partial charge in [0.25, 0.3) is 0 Å². The number of ether oxygens (including phenoxy) is 2. The summed E-state index contributed by atoms with van der Waals surface area (Å²) in [5.74, 6) is 3.95. The summed E-state index contributed by atoms with van der Waals surface area (Å²) in [6.45, 7) is 0. The van der Waals surface area contributed by atoms with Gasteiger partial charge in [-0.25, -0.2) is 4.98 Å². The quantitative estimate of drug-likeness (QED) is 0.939. The number of benzene rings is 1. The van der Waals surface area contributed by atoms with Gasteiger partial charge in [0.2, 0.25) is 0 Å². The molecule has 1 heterocycles. The molecule has 0 aliphatic heterocycles. The van der Waals surface area contributed by atoms with E-state index >= 15 is 0 Å². The largest absolute Gasteiger partial charge is 0.493 e. The van der Waals surface area contributed by atoms with Crippen molar-refractivity contribution in [3.05, 3.63) is 18.3 Å². The number of nitrogens with one attached hydrogen (secondary N) is 1. The van der Waals surface area contributed by atoms with Gasteiger partial charge in [0.05, 0.1) is 31.4 Å². The number of anilines is 1. The van der Waals surface area contributed by atoms with Crippen molar-refractivity contribution in [2.75, 3.05) is 19.5 Å². The van der Waals surface area contributed by atoms with Crippen LogP contribution in [0.4, 0.5) is 5.82 Å². The first-order valence-corrected chi connectivity index (χ1v) is 7.92. The summed E-state index contributed by atoms with van der Waals surface area (Å²) < 4.78 is 10.7. The number of nitrogens with zero attached hydrogens (tertiary/aromatic N) is 2.